The number of fused-ring (bicyclic) bond motifs is 2. The van der Waals surface area contributed by atoms with Crippen LogP contribution in [0.15, 0.2) is 59.9 Å². The fourth-order valence-corrected chi connectivity index (χ4v) is 3.65. The number of nitrogens with one attached hydrogen (secondary N) is 1. The highest BCUT2D eigenvalue weighted by atomic mass is 16.2. The second kappa shape index (κ2) is 7.01. The summed E-state index contributed by atoms with van der Waals surface area (Å²) in [7, 11) is 1.62. The van der Waals surface area contributed by atoms with Crippen LogP contribution >= 0.6 is 0 Å². The first kappa shape index (κ1) is 18.6. The summed E-state index contributed by atoms with van der Waals surface area (Å²) >= 11 is 0. The summed E-state index contributed by atoms with van der Waals surface area (Å²) < 4.78 is 0. The molecule has 146 valence electrons. The molecule has 7 nitrogen and oxygen atoms in total. The number of hydrogen-bond donors (Lipinski definition) is 1. The minimum atomic E-state index is -0.737. The Morgan fingerprint density at radius 3 is 2.52 bits per heavy atom. The van der Waals surface area contributed by atoms with Gasteiger partial charge in [0.15, 0.2) is 0 Å². The van der Waals surface area contributed by atoms with Crippen LogP contribution in [0.1, 0.15) is 28.7 Å². The standard InChI is InChI=1S/C22H20N4O3/c1-13-15-8-4-5-9-16(15)22(29)26(13)14(2)21(28)25(3)12-19-23-18-11-7-6-10-17(18)20(27)24-19/h4-11,14H,1,12H2,2-3H3,(H,23,24,27)/t14-/m0/s1. The minimum Gasteiger partial charge on any atom is -0.336 e. The first-order valence-corrected chi connectivity index (χ1v) is 9.23. The van der Waals surface area contributed by atoms with E-state index in [9.17, 15) is 14.4 Å². The van der Waals surface area contributed by atoms with Gasteiger partial charge in [0.25, 0.3) is 11.5 Å². The lowest BCUT2D eigenvalue weighted by Crippen LogP contribution is -2.45. The van der Waals surface area contributed by atoms with Gasteiger partial charge in [-0.1, -0.05) is 36.9 Å². The van der Waals surface area contributed by atoms with E-state index in [4.69, 9.17) is 0 Å². The van der Waals surface area contributed by atoms with E-state index in [0.717, 1.165) is 5.56 Å². The molecule has 3 aromatic rings. The second-order valence-corrected chi connectivity index (χ2v) is 7.07. The van der Waals surface area contributed by atoms with Gasteiger partial charge in [-0.05, 0) is 25.1 Å². The molecule has 7 heteroatoms. The van der Waals surface area contributed by atoms with Crippen LogP contribution in [0.3, 0.4) is 0 Å². The first-order chi connectivity index (χ1) is 13.9. The van der Waals surface area contributed by atoms with Crippen LogP contribution in [0.5, 0.6) is 0 Å². The van der Waals surface area contributed by atoms with E-state index < -0.39 is 6.04 Å². The molecule has 2 heterocycles. The Morgan fingerprint density at radius 1 is 1.14 bits per heavy atom. The molecule has 1 atom stereocenters. The number of rotatable bonds is 4. The van der Waals surface area contributed by atoms with E-state index in [0.29, 0.717) is 28.0 Å². The zero-order chi connectivity index (χ0) is 20.7. The number of aromatic nitrogens is 2. The summed E-state index contributed by atoms with van der Waals surface area (Å²) in [6, 6.07) is 13.5. The third-order valence-electron chi connectivity index (χ3n) is 5.15. The van der Waals surface area contributed by atoms with Crippen molar-refractivity contribution in [2.24, 2.45) is 0 Å². The van der Waals surface area contributed by atoms with Crippen LogP contribution in [-0.2, 0) is 11.3 Å². The number of amides is 2. The molecule has 0 radical (unpaired) electrons. The lowest BCUT2D eigenvalue weighted by Gasteiger charge is -2.28. The van der Waals surface area contributed by atoms with Gasteiger partial charge in [-0.15, -0.1) is 0 Å². The number of likely N-dealkylation sites (N-methyl/N-ethyl adjacent to an activating group) is 1. The van der Waals surface area contributed by atoms with Crippen LogP contribution in [0.2, 0.25) is 0 Å². The summed E-state index contributed by atoms with van der Waals surface area (Å²) in [5.41, 5.74) is 2.11. The maximum Gasteiger partial charge on any atom is 0.259 e. The summed E-state index contributed by atoms with van der Waals surface area (Å²) in [4.78, 5) is 48.0. The Kier molecular flexibility index (Phi) is 4.50. The smallest absolute Gasteiger partial charge is 0.259 e. The Hall–Kier alpha value is -3.74. The second-order valence-electron chi connectivity index (χ2n) is 7.07. The predicted octanol–water partition coefficient (Wildman–Crippen LogP) is 2.40. The van der Waals surface area contributed by atoms with Crippen molar-refractivity contribution in [2.45, 2.75) is 19.5 Å². The Labute approximate surface area is 167 Å². The third-order valence-corrected chi connectivity index (χ3v) is 5.15. The van der Waals surface area contributed by atoms with E-state index in [1.807, 2.05) is 12.1 Å². The summed E-state index contributed by atoms with van der Waals surface area (Å²) in [5, 5.41) is 0.496. The van der Waals surface area contributed by atoms with Gasteiger partial charge >= 0.3 is 0 Å². The van der Waals surface area contributed by atoms with Crippen LogP contribution in [0, 0.1) is 0 Å². The lowest BCUT2D eigenvalue weighted by molar-refractivity contribution is -0.133. The molecule has 1 aromatic heterocycles. The molecule has 0 spiro atoms. The molecule has 2 amide bonds. The lowest BCUT2D eigenvalue weighted by atomic mass is 10.1. The average molecular weight is 388 g/mol. The van der Waals surface area contributed by atoms with E-state index >= 15 is 0 Å². The maximum absolute atomic E-state index is 13.0. The summed E-state index contributed by atoms with van der Waals surface area (Å²) in [5.74, 6) is -0.133. The van der Waals surface area contributed by atoms with E-state index in [2.05, 4.69) is 16.5 Å². The van der Waals surface area contributed by atoms with Crippen molar-refractivity contribution in [1.82, 2.24) is 19.8 Å². The maximum atomic E-state index is 13.0. The number of carbonyl (C=O) groups excluding carboxylic acids is 2. The molecular formula is C22H20N4O3. The average Bonchev–Trinajstić information content (AvgIpc) is 2.97. The van der Waals surface area contributed by atoms with Gasteiger partial charge in [0, 0.05) is 23.9 Å². The van der Waals surface area contributed by atoms with Crippen LogP contribution < -0.4 is 5.56 Å². The number of para-hydroxylation sites is 1. The highest BCUT2D eigenvalue weighted by Crippen LogP contribution is 2.33. The van der Waals surface area contributed by atoms with Crippen molar-refractivity contribution in [3.05, 3.63) is 82.4 Å². The third kappa shape index (κ3) is 3.10. The number of benzene rings is 2. The molecule has 2 aromatic carbocycles. The zero-order valence-corrected chi connectivity index (χ0v) is 16.2. The SMILES string of the molecule is C=C1c2ccccc2C(=O)N1[C@@H](C)C(=O)N(C)Cc1nc2ccccc2c(=O)[nH]1. The Bertz CT molecular complexity index is 1180. The monoisotopic (exact) mass is 388 g/mol. The zero-order valence-electron chi connectivity index (χ0n) is 16.2. The normalized spacial score (nSPS) is 14.2. The number of aromatic amines is 1. The molecule has 4 rings (SSSR count). The van der Waals surface area contributed by atoms with E-state index in [1.54, 1.807) is 50.4 Å². The predicted molar refractivity (Wildman–Crippen MR) is 110 cm³/mol. The molecule has 29 heavy (non-hydrogen) atoms. The number of carbonyl (C=O) groups is 2. The van der Waals surface area contributed by atoms with Gasteiger partial charge in [0.1, 0.15) is 11.9 Å². The Balaban J connectivity index is 1.55. The largest absolute Gasteiger partial charge is 0.336 e. The number of hydrogen-bond acceptors (Lipinski definition) is 4. The summed E-state index contributed by atoms with van der Waals surface area (Å²) in [6.07, 6.45) is 0. The van der Waals surface area contributed by atoms with Gasteiger partial charge in [0.05, 0.1) is 17.4 Å². The Morgan fingerprint density at radius 2 is 1.79 bits per heavy atom. The van der Waals surface area contributed by atoms with Gasteiger partial charge in [0.2, 0.25) is 5.91 Å². The van der Waals surface area contributed by atoms with Gasteiger partial charge in [-0.3, -0.25) is 19.3 Å². The first-order valence-electron chi connectivity index (χ1n) is 9.23. The molecule has 0 fully saturated rings. The van der Waals surface area contributed by atoms with E-state index in [1.165, 1.54) is 9.80 Å². The molecule has 1 aliphatic rings. The molecule has 0 bridgehead atoms. The van der Waals surface area contributed by atoms with Gasteiger partial charge in [-0.25, -0.2) is 4.98 Å². The van der Waals surface area contributed by atoms with Crippen LogP contribution in [0.4, 0.5) is 0 Å². The van der Waals surface area contributed by atoms with Crippen molar-refractivity contribution in [1.29, 1.82) is 0 Å². The fraction of sp³-hybridized carbons (Fsp3) is 0.182. The highest BCUT2D eigenvalue weighted by Gasteiger charge is 2.37. The van der Waals surface area contributed by atoms with Gasteiger partial charge < -0.3 is 9.88 Å². The molecule has 0 saturated carbocycles. The minimum absolute atomic E-state index is 0.116. The molecule has 1 aliphatic heterocycles. The van der Waals surface area contributed by atoms with Crippen molar-refractivity contribution in [3.63, 3.8) is 0 Å². The van der Waals surface area contributed by atoms with Crippen molar-refractivity contribution in [3.8, 4) is 0 Å². The number of H-pyrrole nitrogens is 1. The molecule has 0 saturated heterocycles. The molecular weight excluding hydrogens is 368 g/mol. The highest BCUT2D eigenvalue weighted by molar-refractivity contribution is 6.10. The van der Waals surface area contributed by atoms with Crippen LogP contribution in [0.25, 0.3) is 16.6 Å². The quantitative estimate of drug-likeness (QED) is 0.744. The van der Waals surface area contributed by atoms with Crippen molar-refractivity contribution < 1.29 is 9.59 Å². The van der Waals surface area contributed by atoms with Crippen molar-refractivity contribution in [2.75, 3.05) is 7.05 Å². The number of nitrogens with zero attached hydrogens (tertiary/aromatic N) is 3. The molecule has 0 unspecified atom stereocenters. The van der Waals surface area contributed by atoms with Crippen molar-refractivity contribution >= 4 is 28.4 Å². The molecule has 1 N–H and O–H groups in total. The molecule has 0 aliphatic carbocycles. The van der Waals surface area contributed by atoms with Gasteiger partial charge in [-0.2, -0.15) is 0 Å². The summed E-state index contributed by atoms with van der Waals surface area (Å²) in [6.45, 7) is 5.78. The van der Waals surface area contributed by atoms with E-state index in [-0.39, 0.29) is 23.9 Å². The topological polar surface area (TPSA) is 86.4 Å². The fourth-order valence-electron chi connectivity index (χ4n) is 3.65. The van der Waals surface area contributed by atoms with Crippen LogP contribution in [-0.4, -0.2) is 44.7 Å².